The third-order valence-corrected chi connectivity index (χ3v) is 6.56. The van der Waals surface area contributed by atoms with Crippen molar-refractivity contribution >= 4 is 34.7 Å². The van der Waals surface area contributed by atoms with Gasteiger partial charge >= 0.3 is 0 Å². The number of carbonyl (C=O) groups is 1. The van der Waals surface area contributed by atoms with Gasteiger partial charge in [0.05, 0.1) is 28.1 Å². The zero-order valence-electron chi connectivity index (χ0n) is 13.4. The van der Waals surface area contributed by atoms with E-state index in [-0.39, 0.29) is 11.2 Å². The molecule has 0 aliphatic carbocycles. The number of aryl methyl sites for hydroxylation is 1. The van der Waals surface area contributed by atoms with E-state index in [2.05, 4.69) is 31.3 Å². The SMILES string of the molecule is Cc1nn(-c2ccccc2)c(C)c1[C@H]1SCC(=O)Nc2ccsc21. The largest absolute Gasteiger partial charge is 0.324 e. The molecular weight excluding hydrogens is 338 g/mol. The Morgan fingerprint density at radius 2 is 2.00 bits per heavy atom. The fourth-order valence-electron chi connectivity index (χ4n) is 3.12. The van der Waals surface area contributed by atoms with Gasteiger partial charge in [-0.05, 0) is 37.4 Å². The number of amides is 1. The lowest BCUT2D eigenvalue weighted by molar-refractivity contribution is -0.113. The van der Waals surface area contributed by atoms with Crippen molar-refractivity contribution in [3.63, 3.8) is 0 Å². The van der Waals surface area contributed by atoms with Crippen LogP contribution in [0.1, 0.15) is 27.1 Å². The summed E-state index contributed by atoms with van der Waals surface area (Å²) in [6, 6.07) is 12.2. The van der Waals surface area contributed by atoms with Gasteiger partial charge in [-0.3, -0.25) is 4.79 Å². The predicted octanol–water partition coefficient (Wildman–Crippen LogP) is 4.33. The fourth-order valence-corrected chi connectivity index (χ4v) is 5.50. The van der Waals surface area contributed by atoms with Crippen molar-refractivity contribution in [3.05, 3.63) is 63.6 Å². The van der Waals surface area contributed by atoms with Crippen molar-refractivity contribution in [3.8, 4) is 5.69 Å². The molecule has 1 N–H and O–H groups in total. The van der Waals surface area contributed by atoms with E-state index in [1.165, 1.54) is 10.4 Å². The lowest BCUT2D eigenvalue weighted by Gasteiger charge is -2.15. The molecule has 24 heavy (non-hydrogen) atoms. The average Bonchev–Trinajstić information content (AvgIpc) is 3.11. The lowest BCUT2D eigenvalue weighted by Crippen LogP contribution is -2.11. The maximum absolute atomic E-state index is 12.0. The minimum atomic E-state index is 0.0629. The van der Waals surface area contributed by atoms with Gasteiger partial charge in [0.25, 0.3) is 0 Å². The van der Waals surface area contributed by atoms with Crippen molar-refractivity contribution in [1.82, 2.24) is 9.78 Å². The first-order chi connectivity index (χ1) is 11.6. The van der Waals surface area contributed by atoms with Crippen LogP contribution in [0.5, 0.6) is 0 Å². The molecule has 0 fully saturated rings. The number of anilines is 1. The molecule has 4 nitrogen and oxygen atoms in total. The molecule has 0 radical (unpaired) electrons. The molecule has 1 amide bonds. The topological polar surface area (TPSA) is 46.9 Å². The Morgan fingerprint density at radius 1 is 1.21 bits per heavy atom. The van der Waals surface area contributed by atoms with Crippen molar-refractivity contribution in [1.29, 1.82) is 0 Å². The number of nitrogens with one attached hydrogen (secondary N) is 1. The van der Waals surface area contributed by atoms with Gasteiger partial charge in [0.15, 0.2) is 0 Å². The van der Waals surface area contributed by atoms with Crippen LogP contribution in [0.3, 0.4) is 0 Å². The molecule has 1 aliphatic heterocycles. The molecule has 2 aromatic heterocycles. The smallest absolute Gasteiger partial charge is 0.234 e. The third-order valence-electron chi connectivity index (χ3n) is 4.20. The zero-order chi connectivity index (χ0) is 16.7. The van der Waals surface area contributed by atoms with Crippen LogP contribution in [0.25, 0.3) is 5.69 Å². The second kappa shape index (κ2) is 6.11. The summed E-state index contributed by atoms with van der Waals surface area (Å²) in [4.78, 5) is 13.2. The van der Waals surface area contributed by atoms with Crippen molar-refractivity contribution < 1.29 is 4.79 Å². The van der Waals surface area contributed by atoms with Crippen LogP contribution >= 0.6 is 23.1 Å². The number of thiophene rings is 1. The highest BCUT2D eigenvalue weighted by Crippen LogP contribution is 2.46. The molecule has 1 atom stereocenters. The number of hydrogen-bond donors (Lipinski definition) is 1. The number of rotatable bonds is 2. The standard InChI is InChI=1S/C18H17N3OS2/c1-11-16(12(2)21(20-11)13-6-4-3-5-7-13)18-17-14(8-9-23-17)19-15(22)10-24-18/h3-9,18H,10H2,1-2H3,(H,19,22)/t18-/m1/s1. The molecule has 0 spiro atoms. The first-order valence-electron chi connectivity index (χ1n) is 7.75. The van der Waals surface area contributed by atoms with Crippen LogP contribution in [-0.4, -0.2) is 21.4 Å². The number of para-hydroxylation sites is 1. The Balaban J connectivity index is 1.84. The summed E-state index contributed by atoms with van der Waals surface area (Å²) >= 11 is 3.37. The van der Waals surface area contributed by atoms with Gasteiger partial charge in [-0.15, -0.1) is 23.1 Å². The van der Waals surface area contributed by atoms with Crippen LogP contribution in [0.2, 0.25) is 0 Å². The monoisotopic (exact) mass is 355 g/mol. The van der Waals surface area contributed by atoms with E-state index >= 15 is 0 Å². The second-order valence-electron chi connectivity index (χ2n) is 5.77. The van der Waals surface area contributed by atoms with Gasteiger partial charge in [-0.1, -0.05) is 18.2 Å². The van der Waals surface area contributed by atoms with Gasteiger partial charge < -0.3 is 5.32 Å². The number of nitrogens with zero attached hydrogens (tertiary/aromatic N) is 2. The van der Waals surface area contributed by atoms with Gasteiger partial charge in [0, 0.05) is 16.1 Å². The number of fused-ring (bicyclic) bond motifs is 1. The number of benzene rings is 1. The Morgan fingerprint density at radius 3 is 2.79 bits per heavy atom. The minimum absolute atomic E-state index is 0.0629. The molecule has 1 aliphatic rings. The van der Waals surface area contributed by atoms with Crippen LogP contribution in [0.4, 0.5) is 5.69 Å². The molecule has 3 heterocycles. The normalized spacial score (nSPS) is 17.2. The van der Waals surface area contributed by atoms with E-state index in [4.69, 9.17) is 5.10 Å². The predicted molar refractivity (Wildman–Crippen MR) is 100 cm³/mol. The van der Waals surface area contributed by atoms with E-state index in [9.17, 15) is 4.79 Å². The highest BCUT2D eigenvalue weighted by molar-refractivity contribution is 8.00. The molecule has 1 aromatic carbocycles. The number of aromatic nitrogens is 2. The number of thioether (sulfide) groups is 1. The quantitative estimate of drug-likeness (QED) is 0.744. The van der Waals surface area contributed by atoms with Crippen LogP contribution < -0.4 is 5.32 Å². The molecule has 122 valence electrons. The first-order valence-corrected chi connectivity index (χ1v) is 9.68. The number of carbonyl (C=O) groups excluding carboxylic acids is 1. The Hall–Kier alpha value is -2.05. The number of hydrogen-bond acceptors (Lipinski definition) is 4. The maximum atomic E-state index is 12.0. The van der Waals surface area contributed by atoms with Crippen LogP contribution in [-0.2, 0) is 4.79 Å². The zero-order valence-corrected chi connectivity index (χ0v) is 15.1. The minimum Gasteiger partial charge on any atom is -0.324 e. The Labute approximate surface area is 148 Å². The van der Waals surface area contributed by atoms with E-state index < -0.39 is 0 Å². The molecular formula is C18H17N3OS2. The second-order valence-corrected chi connectivity index (χ2v) is 7.81. The highest BCUT2D eigenvalue weighted by Gasteiger charge is 2.30. The summed E-state index contributed by atoms with van der Waals surface area (Å²) in [5, 5.41) is 9.94. The molecule has 4 rings (SSSR count). The van der Waals surface area contributed by atoms with E-state index in [0.717, 1.165) is 22.8 Å². The molecule has 0 unspecified atom stereocenters. The molecule has 6 heteroatoms. The Bertz CT molecular complexity index is 898. The summed E-state index contributed by atoms with van der Waals surface area (Å²) in [6.45, 7) is 4.16. The molecule has 0 saturated carbocycles. The Kier molecular flexibility index (Phi) is 3.94. The molecule has 0 saturated heterocycles. The van der Waals surface area contributed by atoms with E-state index in [1.807, 2.05) is 34.3 Å². The molecule has 0 bridgehead atoms. The van der Waals surface area contributed by atoms with Gasteiger partial charge in [-0.2, -0.15) is 5.10 Å². The highest BCUT2D eigenvalue weighted by atomic mass is 32.2. The maximum Gasteiger partial charge on any atom is 0.234 e. The van der Waals surface area contributed by atoms with Gasteiger partial charge in [-0.25, -0.2) is 4.68 Å². The lowest BCUT2D eigenvalue weighted by atomic mass is 10.1. The van der Waals surface area contributed by atoms with Gasteiger partial charge in [0.2, 0.25) is 5.91 Å². The summed E-state index contributed by atoms with van der Waals surface area (Å²) in [5.74, 6) is 0.523. The van der Waals surface area contributed by atoms with Crippen molar-refractivity contribution in [2.24, 2.45) is 0 Å². The average molecular weight is 355 g/mol. The molecule has 3 aromatic rings. The van der Waals surface area contributed by atoms with Crippen LogP contribution in [0, 0.1) is 13.8 Å². The van der Waals surface area contributed by atoms with E-state index in [1.54, 1.807) is 23.1 Å². The van der Waals surface area contributed by atoms with Crippen molar-refractivity contribution in [2.75, 3.05) is 11.1 Å². The fraction of sp³-hybridized carbons (Fsp3) is 0.222. The van der Waals surface area contributed by atoms with Gasteiger partial charge in [0.1, 0.15) is 0 Å². The van der Waals surface area contributed by atoms with Crippen molar-refractivity contribution in [2.45, 2.75) is 19.1 Å². The summed E-state index contributed by atoms with van der Waals surface area (Å²) in [6.07, 6.45) is 0. The summed E-state index contributed by atoms with van der Waals surface area (Å²) in [7, 11) is 0. The summed E-state index contributed by atoms with van der Waals surface area (Å²) < 4.78 is 2.00. The third kappa shape index (κ3) is 2.56. The summed E-state index contributed by atoms with van der Waals surface area (Å²) in [5.41, 5.74) is 5.35. The van der Waals surface area contributed by atoms with Crippen LogP contribution in [0.15, 0.2) is 41.8 Å². The first kappa shape index (κ1) is 15.5. The van der Waals surface area contributed by atoms with E-state index in [0.29, 0.717) is 5.75 Å².